The molecule has 0 radical (unpaired) electrons. The predicted molar refractivity (Wildman–Crippen MR) is 113 cm³/mol. The van der Waals surface area contributed by atoms with Gasteiger partial charge in [0.15, 0.2) is 0 Å². The van der Waals surface area contributed by atoms with Crippen LogP contribution in [0.15, 0.2) is 0 Å². The third-order valence-corrected chi connectivity index (χ3v) is 5.76. The van der Waals surface area contributed by atoms with Crippen molar-refractivity contribution in [1.29, 1.82) is 0 Å². The summed E-state index contributed by atoms with van der Waals surface area (Å²) in [5.41, 5.74) is 0. The monoisotopic (exact) mass is 338 g/mol. The molecule has 0 heteroatoms. The van der Waals surface area contributed by atoms with Crippen LogP contribution >= 0.6 is 0 Å². The van der Waals surface area contributed by atoms with Crippen molar-refractivity contribution in [3.63, 3.8) is 0 Å². The fourth-order valence-corrected chi connectivity index (χ4v) is 4.22. The molecule has 0 N–H and O–H groups in total. The Kier molecular flexibility index (Phi) is 19.3. The summed E-state index contributed by atoms with van der Waals surface area (Å²) in [6, 6.07) is 0. The molecule has 2 atom stereocenters. The fraction of sp³-hybridized carbons (Fsp3) is 1.00. The van der Waals surface area contributed by atoms with Gasteiger partial charge in [0.2, 0.25) is 0 Å². The molecule has 0 aromatic heterocycles. The maximum atomic E-state index is 2.38. The van der Waals surface area contributed by atoms with Crippen molar-refractivity contribution in [2.24, 2.45) is 11.8 Å². The van der Waals surface area contributed by atoms with Gasteiger partial charge in [0, 0.05) is 0 Å². The zero-order valence-corrected chi connectivity index (χ0v) is 17.9. The van der Waals surface area contributed by atoms with Gasteiger partial charge in [-0.2, -0.15) is 0 Å². The first-order chi connectivity index (χ1) is 11.8. The number of hydrogen-bond donors (Lipinski definition) is 0. The molecule has 0 nitrogen and oxygen atoms in total. The second-order valence-electron chi connectivity index (χ2n) is 8.30. The largest absolute Gasteiger partial charge is 0.0654 e. The quantitative estimate of drug-likeness (QED) is 0.206. The summed E-state index contributed by atoms with van der Waals surface area (Å²) in [5.74, 6) is 2.05. The highest BCUT2D eigenvalue weighted by molar-refractivity contribution is 4.68. The lowest BCUT2D eigenvalue weighted by Crippen LogP contribution is -2.10. The van der Waals surface area contributed by atoms with Crippen LogP contribution in [0.2, 0.25) is 0 Å². The molecule has 0 aliphatic rings. The minimum Gasteiger partial charge on any atom is -0.0654 e. The Hall–Kier alpha value is 0. The molecule has 0 aromatic rings. The van der Waals surface area contributed by atoms with Crippen LogP contribution < -0.4 is 0 Å². The van der Waals surface area contributed by atoms with E-state index in [0.29, 0.717) is 0 Å². The second kappa shape index (κ2) is 19.3. The van der Waals surface area contributed by atoms with Crippen LogP contribution in [-0.4, -0.2) is 0 Å². The van der Waals surface area contributed by atoms with E-state index in [9.17, 15) is 0 Å². The third-order valence-electron chi connectivity index (χ3n) is 5.76. The van der Waals surface area contributed by atoms with E-state index in [4.69, 9.17) is 0 Å². The smallest absolute Gasteiger partial charge is 0.0412 e. The first-order valence-corrected chi connectivity index (χ1v) is 11.8. The van der Waals surface area contributed by atoms with Gasteiger partial charge < -0.3 is 0 Å². The maximum Gasteiger partial charge on any atom is -0.0412 e. The molecule has 146 valence electrons. The fourth-order valence-electron chi connectivity index (χ4n) is 4.22. The molecule has 0 saturated carbocycles. The summed E-state index contributed by atoms with van der Waals surface area (Å²) in [7, 11) is 0. The van der Waals surface area contributed by atoms with Gasteiger partial charge in [-0.1, -0.05) is 137 Å². The normalized spacial score (nSPS) is 14.0. The Balaban J connectivity index is 4.20. The van der Waals surface area contributed by atoms with Crippen molar-refractivity contribution in [3.8, 4) is 0 Å². The Bertz CT molecular complexity index is 220. The van der Waals surface area contributed by atoms with Gasteiger partial charge in [0.05, 0.1) is 0 Å². The van der Waals surface area contributed by atoms with Gasteiger partial charge in [-0.15, -0.1) is 0 Å². The standard InChI is InChI=1S/C24H50/c1-5-9-12-14-17-21-24(19-15-11-7-3)22-23(18-8-4)20-16-13-10-6-2/h23-24H,5-22H2,1-4H3. The summed E-state index contributed by atoms with van der Waals surface area (Å²) >= 11 is 0. The molecule has 0 heterocycles. The minimum absolute atomic E-state index is 1.02. The van der Waals surface area contributed by atoms with E-state index in [1.54, 1.807) is 0 Å². The molecule has 24 heavy (non-hydrogen) atoms. The lowest BCUT2D eigenvalue weighted by Gasteiger charge is -2.24. The highest BCUT2D eigenvalue weighted by Gasteiger charge is 2.16. The molecule has 2 unspecified atom stereocenters. The van der Waals surface area contributed by atoms with E-state index >= 15 is 0 Å². The van der Waals surface area contributed by atoms with Gasteiger partial charge >= 0.3 is 0 Å². The van der Waals surface area contributed by atoms with Crippen molar-refractivity contribution >= 4 is 0 Å². The van der Waals surface area contributed by atoms with Crippen LogP contribution in [-0.2, 0) is 0 Å². The molecule has 0 spiro atoms. The third kappa shape index (κ3) is 15.5. The second-order valence-corrected chi connectivity index (χ2v) is 8.30. The average molecular weight is 339 g/mol. The lowest BCUT2D eigenvalue weighted by atomic mass is 9.82. The van der Waals surface area contributed by atoms with Crippen LogP contribution in [0.25, 0.3) is 0 Å². The highest BCUT2D eigenvalue weighted by Crippen LogP contribution is 2.30. The number of rotatable bonds is 19. The molecule has 0 amide bonds. The Morgan fingerprint density at radius 1 is 0.375 bits per heavy atom. The van der Waals surface area contributed by atoms with Gasteiger partial charge in [-0.05, 0) is 18.3 Å². The van der Waals surface area contributed by atoms with E-state index in [1.807, 2.05) is 0 Å². The Morgan fingerprint density at radius 3 is 1.25 bits per heavy atom. The van der Waals surface area contributed by atoms with Crippen molar-refractivity contribution in [1.82, 2.24) is 0 Å². The van der Waals surface area contributed by atoms with E-state index < -0.39 is 0 Å². The average Bonchev–Trinajstić information content (AvgIpc) is 2.58. The topological polar surface area (TPSA) is 0 Å². The Labute approximate surface area is 155 Å². The van der Waals surface area contributed by atoms with Crippen LogP contribution in [0.5, 0.6) is 0 Å². The molecule has 0 aliphatic heterocycles. The van der Waals surface area contributed by atoms with Crippen molar-refractivity contribution < 1.29 is 0 Å². The number of unbranched alkanes of at least 4 members (excludes halogenated alkanes) is 9. The van der Waals surface area contributed by atoms with Crippen LogP contribution in [0.1, 0.15) is 143 Å². The molecule has 0 saturated heterocycles. The van der Waals surface area contributed by atoms with Crippen LogP contribution in [0.4, 0.5) is 0 Å². The molecular formula is C24H50. The van der Waals surface area contributed by atoms with Gasteiger partial charge in [-0.25, -0.2) is 0 Å². The summed E-state index contributed by atoms with van der Waals surface area (Å²) in [4.78, 5) is 0. The van der Waals surface area contributed by atoms with E-state index in [0.717, 1.165) is 11.8 Å². The highest BCUT2D eigenvalue weighted by atomic mass is 14.2. The Morgan fingerprint density at radius 2 is 0.750 bits per heavy atom. The van der Waals surface area contributed by atoms with Gasteiger partial charge in [-0.3, -0.25) is 0 Å². The van der Waals surface area contributed by atoms with Crippen molar-refractivity contribution in [2.45, 2.75) is 143 Å². The SMILES string of the molecule is CCCCCCCC(CCCCC)CC(CCC)CCCCCC. The van der Waals surface area contributed by atoms with Crippen LogP contribution in [0.3, 0.4) is 0 Å². The molecular weight excluding hydrogens is 288 g/mol. The molecule has 0 bridgehead atoms. The predicted octanol–water partition coefficient (Wildman–Crippen LogP) is 9.32. The summed E-state index contributed by atoms with van der Waals surface area (Å²) in [5, 5.41) is 0. The molecule has 0 rings (SSSR count). The summed E-state index contributed by atoms with van der Waals surface area (Å²) in [6.45, 7) is 9.37. The summed E-state index contributed by atoms with van der Waals surface area (Å²) < 4.78 is 0. The molecule has 0 aliphatic carbocycles. The van der Waals surface area contributed by atoms with Crippen molar-refractivity contribution in [3.05, 3.63) is 0 Å². The van der Waals surface area contributed by atoms with E-state index in [2.05, 4.69) is 27.7 Å². The van der Waals surface area contributed by atoms with Gasteiger partial charge in [0.1, 0.15) is 0 Å². The molecule has 0 aromatic carbocycles. The summed E-state index contributed by atoms with van der Waals surface area (Å²) in [6.07, 6.45) is 26.2. The van der Waals surface area contributed by atoms with E-state index in [1.165, 1.54) is 116 Å². The first kappa shape index (κ1) is 24.0. The minimum atomic E-state index is 1.02. The van der Waals surface area contributed by atoms with Gasteiger partial charge in [0.25, 0.3) is 0 Å². The van der Waals surface area contributed by atoms with E-state index in [-0.39, 0.29) is 0 Å². The van der Waals surface area contributed by atoms with Crippen molar-refractivity contribution in [2.75, 3.05) is 0 Å². The lowest BCUT2D eigenvalue weighted by molar-refractivity contribution is 0.287. The zero-order valence-electron chi connectivity index (χ0n) is 17.9. The zero-order chi connectivity index (χ0) is 17.9. The molecule has 0 fully saturated rings. The maximum absolute atomic E-state index is 2.38. The van der Waals surface area contributed by atoms with Crippen LogP contribution in [0, 0.1) is 11.8 Å². The first-order valence-electron chi connectivity index (χ1n) is 11.8. The number of hydrogen-bond acceptors (Lipinski definition) is 0.